The normalized spacial score (nSPS) is 31.6. The molecule has 4 fully saturated rings. The van der Waals surface area contributed by atoms with Gasteiger partial charge in [-0.25, -0.2) is 0 Å². The highest BCUT2D eigenvalue weighted by Crippen LogP contribution is 2.49. The van der Waals surface area contributed by atoms with Crippen LogP contribution in [0.25, 0.3) is 0 Å². The predicted octanol–water partition coefficient (Wildman–Crippen LogP) is 6.03. The number of nitrogens with one attached hydrogen (secondary N) is 2. The Morgan fingerprint density at radius 2 is 1.03 bits per heavy atom. The van der Waals surface area contributed by atoms with E-state index in [0.717, 1.165) is 42.5 Å². The van der Waals surface area contributed by atoms with Crippen molar-refractivity contribution < 1.29 is 9.59 Å². The van der Waals surface area contributed by atoms with E-state index in [2.05, 4.69) is 34.9 Å². The zero-order valence-corrected chi connectivity index (χ0v) is 19.3. The van der Waals surface area contributed by atoms with Gasteiger partial charge in [-0.2, -0.15) is 0 Å². The molecule has 0 saturated heterocycles. The fourth-order valence-corrected chi connectivity index (χ4v) is 7.25. The highest BCUT2D eigenvalue weighted by molar-refractivity contribution is 5.93. The lowest BCUT2D eigenvalue weighted by Gasteiger charge is -2.21. The number of carbonyl (C=O) groups is 2. The van der Waals surface area contributed by atoms with Gasteiger partial charge in [-0.15, -0.1) is 0 Å². The third kappa shape index (κ3) is 4.32. The smallest absolute Gasteiger partial charge is 0.227 e. The fraction of sp³-hybridized carbons (Fsp3) is 0.517. The molecule has 4 heteroatoms. The molecule has 172 valence electrons. The summed E-state index contributed by atoms with van der Waals surface area (Å²) in [6.45, 7) is 0. The molecule has 0 aliphatic heterocycles. The summed E-state index contributed by atoms with van der Waals surface area (Å²) in [5.74, 6) is 3.62. The number of benzene rings is 2. The quantitative estimate of drug-likeness (QED) is 0.574. The maximum absolute atomic E-state index is 12.7. The lowest BCUT2D eigenvalue weighted by molar-refractivity contribution is -0.122. The Labute approximate surface area is 196 Å². The molecular weight excluding hydrogens is 408 g/mol. The van der Waals surface area contributed by atoms with Crippen LogP contribution in [0.5, 0.6) is 0 Å². The molecule has 0 heterocycles. The van der Waals surface area contributed by atoms with Crippen molar-refractivity contribution in [1.29, 1.82) is 0 Å². The molecule has 0 aromatic heterocycles. The number of hydrogen-bond donors (Lipinski definition) is 2. The zero-order chi connectivity index (χ0) is 22.4. The van der Waals surface area contributed by atoms with E-state index in [0.29, 0.717) is 11.8 Å². The van der Waals surface area contributed by atoms with E-state index < -0.39 is 0 Å². The monoisotopic (exact) mass is 442 g/mol. The third-order valence-corrected chi connectivity index (χ3v) is 9.00. The first-order valence-corrected chi connectivity index (χ1v) is 12.9. The van der Waals surface area contributed by atoms with E-state index >= 15 is 0 Å². The molecule has 4 bridgehead atoms. The summed E-state index contributed by atoms with van der Waals surface area (Å²) in [6.07, 6.45) is 10.6. The molecule has 2 aromatic rings. The van der Waals surface area contributed by atoms with Crippen LogP contribution in [0.3, 0.4) is 0 Å². The van der Waals surface area contributed by atoms with E-state index in [9.17, 15) is 9.59 Å². The Morgan fingerprint density at radius 1 is 0.606 bits per heavy atom. The summed E-state index contributed by atoms with van der Waals surface area (Å²) in [5.41, 5.74) is 4.22. The van der Waals surface area contributed by atoms with Crippen molar-refractivity contribution in [3.63, 3.8) is 0 Å². The van der Waals surface area contributed by atoms with Crippen LogP contribution in [0.2, 0.25) is 0 Å². The average molecular weight is 443 g/mol. The first-order chi connectivity index (χ1) is 16.1. The molecule has 0 radical (unpaired) electrons. The first kappa shape index (κ1) is 20.9. The van der Waals surface area contributed by atoms with E-state index in [1.54, 1.807) is 0 Å². The minimum atomic E-state index is 0.206. The second kappa shape index (κ2) is 8.62. The van der Waals surface area contributed by atoms with Crippen molar-refractivity contribution in [3.8, 4) is 0 Å². The van der Waals surface area contributed by atoms with Crippen LogP contribution in [0.1, 0.15) is 62.5 Å². The largest absolute Gasteiger partial charge is 0.326 e. The predicted molar refractivity (Wildman–Crippen MR) is 131 cm³/mol. The van der Waals surface area contributed by atoms with Gasteiger partial charge in [0.25, 0.3) is 0 Å². The number of anilines is 2. The number of rotatable bonds is 6. The van der Waals surface area contributed by atoms with Crippen molar-refractivity contribution >= 4 is 23.2 Å². The van der Waals surface area contributed by atoms with Gasteiger partial charge in [0.15, 0.2) is 0 Å². The molecule has 6 unspecified atom stereocenters. The molecule has 4 nitrogen and oxygen atoms in total. The maximum atomic E-state index is 12.7. The molecule has 33 heavy (non-hydrogen) atoms. The van der Waals surface area contributed by atoms with Gasteiger partial charge in [0.1, 0.15) is 0 Å². The molecule has 0 spiro atoms. The van der Waals surface area contributed by atoms with Crippen LogP contribution >= 0.6 is 0 Å². The first-order valence-electron chi connectivity index (χ1n) is 12.9. The van der Waals surface area contributed by atoms with Crippen LogP contribution in [0, 0.1) is 35.5 Å². The number of fused-ring (bicyclic) bond motifs is 4. The molecule has 6 atom stereocenters. The van der Waals surface area contributed by atoms with Crippen LogP contribution in [-0.4, -0.2) is 11.8 Å². The third-order valence-electron chi connectivity index (χ3n) is 9.00. The van der Waals surface area contributed by atoms with Gasteiger partial charge in [0.2, 0.25) is 11.8 Å². The van der Waals surface area contributed by atoms with Crippen LogP contribution in [-0.2, 0) is 16.0 Å². The molecule has 4 aliphatic rings. The number of amides is 2. The standard InChI is InChI=1S/C29H34N2O2/c32-28(26-16-20-1-7-22(26)14-20)30-24-9-3-18(4-10-24)13-19-5-11-25(12-6-19)31-29(33)27-17-21-2-8-23(27)15-21/h3-6,9-12,20-23,26-27H,1-2,7-8,13-17H2,(H,30,32)(H,31,33). The Morgan fingerprint density at radius 3 is 1.36 bits per heavy atom. The highest BCUT2D eigenvalue weighted by atomic mass is 16.2. The average Bonchev–Trinajstić information content (AvgIpc) is 3.63. The molecule has 4 aliphatic carbocycles. The molecule has 4 saturated carbocycles. The summed E-state index contributed by atoms with van der Waals surface area (Å²) in [7, 11) is 0. The molecule has 2 N–H and O–H groups in total. The highest BCUT2D eigenvalue weighted by Gasteiger charge is 2.43. The van der Waals surface area contributed by atoms with E-state index in [4.69, 9.17) is 0 Å². The minimum absolute atomic E-state index is 0.206. The topological polar surface area (TPSA) is 58.2 Å². The van der Waals surface area contributed by atoms with Gasteiger partial charge in [-0.05, 0) is 104 Å². The zero-order valence-electron chi connectivity index (χ0n) is 19.3. The van der Waals surface area contributed by atoms with Gasteiger partial charge in [0.05, 0.1) is 0 Å². The van der Waals surface area contributed by atoms with E-state index in [1.807, 2.05) is 24.3 Å². The van der Waals surface area contributed by atoms with Crippen molar-refractivity contribution in [3.05, 3.63) is 59.7 Å². The molecule has 2 amide bonds. The van der Waals surface area contributed by atoms with Gasteiger partial charge in [0, 0.05) is 23.2 Å². The molecular formula is C29H34N2O2. The van der Waals surface area contributed by atoms with Gasteiger partial charge >= 0.3 is 0 Å². The van der Waals surface area contributed by atoms with Gasteiger partial charge < -0.3 is 10.6 Å². The van der Waals surface area contributed by atoms with Crippen molar-refractivity contribution in [2.75, 3.05) is 10.6 Å². The fourth-order valence-electron chi connectivity index (χ4n) is 7.25. The SMILES string of the molecule is O=C(Nc1ccc(Cc2ccc(NC(=O)C3CC4CCC3C4)cc2)cc1)C1CC2CCC1C2. The Balaban J connectivity index is 1.01. The van der Waals surface area contributed by atoms with Gasteiger partial charge in [-0.1, -0.05) is 37.1 Å². The summed E-state index contributed by atoms with van der Waals surface area (Å²) < 4.78 is 0. The van der Waals surface area contributed by atoms with E-state index in [1.165, 1.54) is 49.7 Å². The van der Waals surface area contributed by atoms with Gasteiger partial charge in [-0.3, -0.25) is 9.59 Å². The summed E-state index contributed by atoms with van der Waals surface area (Å²) in [4.78, 5) is 25.3. The van der Waals surface area contributed by atoms with Crippen LogP contribution in [0.4, 0.5) is 11.4 Å². The Bertz CT molecular complexity index is 945. The van der Waals surface area contributed by atoms with E-state index in [-0.39, 0.29) is 23.7 Å². The second-order valence-electron chi connectivity index (χ2n) is 11.1. The molecule has 2 aromatic carbocycles. The molecule has 6 rings (SSSR count). The number of hydrogen-bond acceptors (Lipinski definition) is 2. The Kier molecular flexibility index (Phi) is 5.48. The summed E-state index contributed by atoms with van der Waals surface area (Å²) in [5, 5.41) is 6.28. The number of carbonyl (C=O) groups excluding carboxylic acids is 2. The minimum Gasteiger partial charge on any atom is -0.326 e. The second-order valence-corrected chi connectivity index (χ2v) is 11.1. The summed E-state index contributed by atoms with van der Waals surface area (Å²) >= 11 is 0. The van der Waals surface area contributed by atoms with Crippen LogP contribution in [0.15, 0.2) is 48.5 Å². The lowest BCUT2D eigenvalue weighted by atomic mass is 9.88. The summed E-state index contributed by atoms with van der Waals surface area (Å²) in [6, 6.07) is 16.5. The van der Waals surface area contributed by atoms with Crippen molar-refractivity contribution in [1.82, 2.24) is 0 Å². The Hall–Kier alpha value is -2.62. The lowest BCUT2D eigenvalue weighted by Crippen LogP contribution is -2.27. The van der Waals surface area contributed by atoms with Crippen molar-refractivity contribution in [2.45, 2.75) is 57.8 Å². The maximum Gasteiger partial charge on any atom is 0.227 e. The van der Waals surface area contributed by atoms with Crippen molar-refractivity contribution in [2.24, 2.45) is 35.5 Å². The van der Waals surface area contributed by atoms with Crippen LogP contribution < -0.4 is 10.6 Å².